The third-order valence-electron chi connectivity index (χ3n) is 6.19. The predicted octanol–water partition coefficient (Wildman–Crippen LogP) is 5.61. The number of ether oxygens (including phenoxy) is 3. The highest BCUT2D eigenvalue weighted by Gasteiger charge is 2.43. The van der Waals surface area contributed by atoms with E-state index in [1.807, 2.05) is 0 Å². The molecule has 0 radical (unpaired) electrons. The first-order valence-electron chi connectivity index (χ1n) is 13.3. The van der Waals surface area contributed by atoms with Gasteiger partial charge in [-0.15, -0.1) is 0 Å². The minimum atomic E-state index is -2.30. The van der Waals surface area contributed by atoms with Gasteiger partial charge in [0.2, 0.25) is 0 Å². The topological polar surface area (TPSA) is 99.1 Å². The molecule has 0 aliphatic rings. The quantitative estimate of drug-likeness (QED) is 0.176. The lowest BCUT2D eigenvalue weighted by Crippen LogP contribution is -2.45. The molecule has 7 heteroatoms. The molecule has 0 aromatic carbocycles. The van der Waals surface area contributed by atoms with Gasteiger partial charge in [0.25, 0.3) is 0 Å². The van der Waals surface area contributed by atoms with E-state index in [1.54, 1.807) is 0 Å². The molecule has 3 atom stereocenters. The Morgan fingerprint density at radius 1 is 0.618 bits per heavy atom. The average Bonchev–Trinajstić information content (AvgIpc) is 2.74. The number of hydrogen-bond acceptors (Lipinski definition) is 7. The van der Waals surface area contributed by atoms with Crippen molar-refractivity contribution in [3.05, 3.63) is 0 Å². The van der Waals surface area contributed by atoms with E-state index in [-0.39, 0.29) is 19.8 Å². The Morgan fingerprint density at radius 2 is 0.941 bits per heavy atom. The van der Waals surface area contributed by atoms with Gasteiger partial charge < -0.3 is 19.3 Å². The Hall–Kier alpha value is -1.63. The van der Waals surface area contributed by atoms with Crippen LogP contribution in [-0.4, -0.2) is 48.4 Å². The molecular weight excluding hydrogens is 436 g/mol. The Bertz CT molecular complexity index is 543. The number of carbonyl (C=O) groups is 3. The molecule has 0 bridgehead atoms. The fourth-order valence-corrected chi connectivity index (χ4v) is 3.93. The van der Waals surface area contributed by atoms with E-state index in [4.69, 9.17) is 14.2 Å². The summed E-state index contributed by atoms with van der Waals surface area (Å²) >= 11 is 0. The van der Waals surface area contributed by atoms with Crippen LogP contribution in [0.5, 0.6) is 0 Å². The molecule has 3 unspecified atom stereocenters. The minimum absolute atomic E-state index is 0.121. The van der Waals surface area contributed by atoms with Crippen molar-refractivity contribution in [1.29, 1.82) is 0 Å². The van der Waals surface area contributed by atoms with E-state index in [0.29, 0.717) is 37.0 Å². The van der Waals surface area contributed by atoms with Gasteiger partial charge in [-0.1, -0.05) is 80.1 Å². The number of rotatable bonds is 20. The zero-order valence-corrected chi connectivity index (χ0v) is 22.5. The summed E-state index contributed by atoms with van der Waals surface area (Å²) in [6, 6.07) is 0. The van der Waals surface area contributed by atoms with E-state index in [1.165, 1.54) is 0 Å². The average molecular weight is 487 g/mol. The van der Waals surface area contributed by atoms with Crippen molar-refractivity contribution < 1.29 is 33.7 Å². The summed E-state index contributed by atoms with van der Waals surface area (Å²) in [6.07, 6.45) is 6.99. The molecule has 0 rings (SSSR count). The van der Waals surface area contributed by atoms with Crippen molar-refractivity contribution in [3.63, 3.8) is 0 Å². The molecule has 7 nitrogen and oxygen atoms in total. The first kappa shape index (κ1) is 32.4. The largest absolute Gasteiger partial charge is 0.466 e. The molecule has 200 valence electrons. The van der Waals surface area contributed by atoms with Gasteiger partial charge in [0.05, 0.1) is 32.7 Å². The fourth-order valence-electron chi connectivity index (χ4n) is 3.93. The van der Waals surface area contributed by atoms with Crippen LogP contribution in [0.4, 0.5) is 0 Å². The number of carbonyl (C=O) groups excluding carboxylic acids is 3. The van der Waals surface area contributed by atoms with Crippen LogP contribution < -0.4 is 0 Å². The molecular formula is C27H50O7. The van der Waals surface area contributed by atoms with Crippen LogP contribution in [-0.2, 0) is 28.6 Å². The summed E-state index contributed by atoms with van der Waals surface area (Å²) in [5, 5.41) is 11.0. The Morgan fingerprint density at radius 3 is 1.26 bits per heavy atom. The molecule has 0 heterocycles. The van der Waals surface area contributed by atoms with Crippen LogP contribution in [0, 0.1) is 17.8 Å². The predicted molar refractivity (Wildman–Crippen MR) is 133 cm³/mol. The van der Waals surface area contributed by atoms with Crippen molar-refractivity contribution in [1.82, 2.24) is 0 Å². The highest BCUT2D eigenvalue weighted by Crippen LogP contribution is 2.22. The Labute approximate surface area is 207 Å². The third kappa shape index (κ3) is 15.3. The van der Waals surface area contributed by atoms with Gasteiger partial charge in [0.1, 0.15) is 0 Å². The highest BCUT2D eigenvalue weighted by molar-refractivity contribution is 5.90. The molecule has 0 aliphatic carbocycles. The maximum Gasteiger partial charge on any atom is 0.339 e. The van der Waals surface area contributed by atoms with E-state index < -0.39 is 36.4 Å². The van der Waals surface area contributed by atoms with E-state index >= 15 is 0 Å². The van der Waals surface area contributed by atoms with Crippen molar-refractivity contribution in [2.24, 2.45) is 17.8 Å². The molecule has 1 N–H and O–H groups in total. The molecule has 0 aromatic rings. The Balaban J connectivity index is 4.95. The smallest absolute Gasteiger partial charge is 0.339 e. The summed E-state index contributed by atoms with van der Waals surface area (Å²) < 4.78 is 15.8. The lowest BCUT2D eigenvalue weighted by Gasteiger charge is -2.25. The van der Waals surface area contributed by atoms with Gasteiger partial charge in [-0.25, -0.2) is 4.79 Å². The second kappa shape index (κ2) is 18.7. The monoisotopic (exact) mass is 486 g/mol. The second-order valence-electron chi connectivity index (χ2n) is 10.0. The zero-order valence-electron chi connectivity index (χ0n) is 22.5. The van der Waals surface area contributed by atoms with Gasteiger partial charge in [0.15, 0.2) is 5.60 Å². The maximum atomic E-state index is 12.7. The van der Waals surface area contributed by atoms with E-state index in [2.05, 4.69) is 41.5 Å². The van der Waals surface area contributed by atoms with Gasteiger partial charge >= 0.3 is 17.9 Å². The summed E-state index contributed by atoms with van der Waals surface area (Å²) in [5.41, 5.74) is -2.30. The lowest BCUT2D eigenvalue weighted by molar-refractivity contribution is -0.178. The first-order chi connectivity index (χ1) is 16.1. The fraction of sp³-hybridized carbons (Fsp3) is 0.889. The SMILES string of the molecule is CCCC(C)CCOC(=O)CC(O)(CC(=O)OCCC(C)CCC)C(=O)OCCC(C)CCC. The number of hydrogen-bond donors (Lipinski definition) is 1. The van der Waals surface area contributed by atoms with Crippen LogP contribution in [0.1, 0.15) is 112 Å². The minimum Gasteiger partial charge on any atom is -0.466 e. The zero-order chi connectivity index (χ0) is 26.0. The van der Waals surface area contributed by atoms with Crippen molar-refractivity contribution in [3.8, 4) is 0 Å². The summed E-state index contributed by atoms with van der Waals surface area (Å²) in [4.78, 5) is 37.5. The number of esters is 3. The Kier molecular flexibility index (Phi) is 17.8. The standard InChI is InChI=1S/C27H50O7/c1-7-10-21(4)13-16-32-24(28)19-27(31,26(30)34-18-15-23(6)12-9-3)20-25(29)33-17-14-22(5)11-8-2/h21-23,31H,7-20H2,1-6H3. The molecule has 0 aromatic heterocycles. The van der Waals surface area contributed by atoms with Crippen LogP contribution in [0.25, 0.3) is 0 Å². The normalized spacial score (nSPS) is 15.6. The molecule has 0 saturated heterocycles. The first-order valence-corrected chi connectivity index (χ1v) is 13.3. The van der Waals surface area contributed by atoms with Gasteiger partial charge in [0, 0.05) is 0 Å². The third-order valence-corrected chi connectivity index (χ3v) is 6.19. The summed E-state index contributed by atoms with van der Waals surface area (Å²) in [5.74, 6) is -1.24. The van der Waals surface area contributed by atoms with Crippen LogP contribution in [0.15, 0.2) is 0 Å². The van der Waals surface area contributed by atoms with Crippen LogP contribution in [0.2, 0.25) is 0 Å². The highest BCUT2D eigenvalue weighted by atomic mass is 16.6. The van der Waals surface area contributed by atoms with Crippen molar-refractivity contribution in [2.75, 3.05) is 19.8 Å². The lowest BCUT2D eigenvalue weighted by atomic mass is 9.95. The van der Waals surface area contributed by atoms with Gasteiger partial charge in [-0.3, -0.25) is 9.59 Å². The summed E-state index contributed by atoms with van der Waals surface area (Å²) in [7, 11) is 0. The van der Waals surface area contributed by atoms with Gasteiger partial charge in [-0.05, 0) is 37.0 Å². The van der Waals surface area contributed by atoms with Crippen LogP contribution >= 0.6 is 0 Å². The van der Waals surface area contributed by atoms with E-state index in [9.17, 15) is 19.5 Å². The molecule has 0 aliphatic heterocycles. The molecule has 0 saturated carbocycles. The van der Waals surface area contributed by atoms with Crippen molar-refractivity contribution >= 4 is 17.9 Å². The van der Waals surface area contributed by atoms with Crippen molar-refractivity contribution in [2.45, 2.75) is 118 Å². The number of aliphatic hydroxyl groups is 1. The molecule has 0 fully saturated rings. The second-order valence-corrected chi connectivity index (χ2v) is 10.0. The molecule has 0 spiro atoms. The molecule has 0 amide bonds. The summed E-state index contributed by atoms with van der Waals surface area (Å²) in [6.45, 7) is 13.1. The maximum absolute atomic E-state index is 12.7. The molecule has 34 heavy (non-hydrogen) atoms. The van der Waals surface area contributed by atoms with Gasteiger partial charge in [-0.2, -0.15) is 0 Å². The van der Waals surface area contributed by atoms with Crippen LogP contribution in [0.3, 0.4) is 0 Å². The van der Waals surface area contributed by atoms with E-state index in [0.717, 1.165) is 38.5 Å².